The molecule has 0 aliphatic rings. The van der Waals surface area contributed by atoms with E-state index in [0.29, 0.717) is 6.54 Å². The number of carboxylic acid groups (broad SMARTS) is 1. The van der Waals surface area contributed by atoms with Gasteiger partial charge in [-0.3, -0.25) is 14.3 Å². The van der Waals surface area contributed by atoms with Gasteiger partial charge in [0.1, 0.15) is 0 Å². The van der Waals surface area contributed by atoms with Crippen LogP contribution >= 0.6 is 0 Å². The van der Waals surface area contributed by atoms with Crippen LogP contribution in [0.1, 0.15) is 23.7 Å². The zero-order chi connectivity index (χ0) is 15.2. The third-order valence-electron chi connectivity index (χ3n) is 2.29. The Labute approximate surface area is 117 Å². The third-order valence-corrected chi connectivity index (χ3v) is 3.44. The first-order valence-electron chi connectivity index (χ1n) is 5.95. The first-order valence-corrected chi connectivity index (χ1v) is 7.60. The van der Waals surface area contributed by atoms with Gasteiger partial charge in [0, 0.05) is 6.54 Å². The highest BCUT2D eigenvalue weighted by Crippen LogP contribution is 2.16. The Kier molecular flexibility index (Phi) is 5.51. The van der Waals surface area contributed by atoms with Crippen LogP contribution in [0.3, 0.4) is 0 Å². The molecule has 1 aromatic carbocycles. The average Bonchev–Trinajstić information content (AvgIpc) is 2.34. The molecule has 0 atom stereocenters. The van der Waals surface area contributed by atoms with E-state index in [2.05, 4.69) is 10.0 Å². The van der Waals surface area contributed by atoms with Gasteiger partial charge in [-0.15, -0.1) is 0 Å². The summed E-state index contributed by atoms with van der Waals surface area (Å²) in [5.74, 6) is -2.94. The number of aliphatic carboxylic acids is 1. The lowest BCUT2D eigenvalue weighted by atomic mass is 10.1. The number of rotatable bonds is 7. The van der Waals surface area contributed by atoms with Gasteiger partial charge in [-0.05, 0) is 18.6 Å². The molecule has 110 valence electrons. The lowest BCUT2D eigenvalue weighted by Crippen LogP contribution is -2.27. The van der Waals surface area contributed by atoms with Crippen LogP contribution < -0.4 is 10.0 Å². The maximum absolute atomic E-state index is 11.9. The Morgan fingerprint density at radius 1 is 1.25 bits per heavy atom. The Morgan fingerprint density at radius 2 is 1.90 bits per heavy atom. The highest BCUT2D eigenvalue weighted by molar-refractivity contribution is 7.93. The summed E-state index contributed by atoms with van der Waals surface area (Å²) in [5, 5.41) is 11.1. The van der Waals surface area contributed by atoms with Crippen LogP contribution in [0.25, 0.3) is 0 Å². The summed E-state index contributed by atoms with van der Waals surface area (Å²) < 4.78 is 25.3. The Balaban J connectivity index is 2.96. The van der Waals surface area contributed by atoms with Gasteiger partial charge >= 0.3 is 5.97 Å². The molecule has 0 saturated carbocycles. The van der Waals surface area contributed by atoms with Gasteiger partial charge in [0.05, 0.1) is 11.3 Å². The molecular weight excluding hydrogens is 284 g/mol. The number of para-hydroxylation sites is 1. The quantitative estimate of drug-likeness (QED) is 0.684. The van der Waals surface area contributed by atoms with E-state index >= 15 is 0 Å². The Hall–Kier alpha value is -2.09. The van der Waals surface area contributed by atoms with E-state index in [1.54, 1.807) is 12.1 Å². The summed E-state index contributed by atoms with van der Waals surface area (Å²) in [4.78, 5) is 22.3. The van der Waals surface area contributed by atoms with Crippen molar-refractivity contribution in [3.8, 4) is 0 Å². The number of amides is 1. The number of sulfonamides is 1. The predicted octanol–water partition coefficient (Wildman–Crippen LogP) is 0.653. The van der Waals surface area contributed by atoms with Gasteiger partial charge in [-0.25, -0.2) is 8.42 Å². The van der Waals surface area contributed by atoms with E-state index in [1.807, 2.05) is 6.92 Å². The van der Waals surface area contributed by atoms with Crippen molar-refractivity contribution >= 4 is 27.6 Å². The smallest absolute Gasteiger partial charge is 0.320 e. The molecule has 1 aromatic rings. The number of benzene rings is 1. The number of nitrogens with one attached hydrogen (secondary N) is 2. The number of anilines is 1. The summed E-state index contributed by atoms with van der Waals surface area (Å²) >= 11 is 0. The van der Waals surface area contributed by atoms with E-state index in [-0.39, 0.29) is 11.3 Å². The minimum atomic E-state index is -4.04. The van der Waals surface area contributed by atoms with Gasteiger partial charge in [0.25, 0.3) is 5.91 Å². The molecule has 8 heteroatoms. The standard InChI is InChI=1S/C12H16N2O5S/c1-2-7-13-12(17)9-5-3-4-6-10(9)14-20(18,19)8-11(15)16/h3-6,14H,2,7-8H2,1H3,(H,13,17)(H,15,16). The van der Waals surface area contributed by atoms with Gasteiger partial charge in [0.15, 0.2) is 5.75 Å². The lowest BCUT2D eigenvalue weighted by Gasteiger charge is -2.11. The predicted molar refractivity (Wildman–Crippen MR) is 74.1 cm³/mol. The Bertz CT molecular complexity index is 598. The van der Waals surface area contributed by atoms with E-state index in [4.69, 9.17) is 5.11 Å². The van der Waals surface area contributed by atoms with Crippen molar-refractivity contribution in [2.45, 2.75) is 13.3 Å². The second kappa shape index (κ2) is 6.90. The van der Waals surface area contributed by atoms with Crippen LogP contribution in [0.4, 0.5) is 5.69 Å². The van der Waals surface area contributed by atoms with Crippen LogP contribution in [0.15, 0.2) is 24.3 Å². The number of carboxylic acids is 1. The van der Waals surface area contributed by atoms with E-state index < -0.39 is 27.7 Å². The fraction of sp³-hybridized carbons (Fsp3) is 0.333. The fourth-order valence-corrected chi connectivity index (χ4v) is 2.38. The molecule has 0 aliphatic heterocycles. The first-order chi connectivity index (χ1) is 9.35. The molecule has 0 fully saturated rings. The van der Waals surface area contributed by atoms with Gasteiger partial charge in [-0.1, -0.05) is 19.1 Å². The number of carbonyl (C=O) groups excluding carboxylic acids is 1. The van der Waals surface area contributed by atoms with Crippen LogP contribution in [0.2, 0.25) is 0 Å². The van der Waals surface area contributed by atoms with Crippen LogP contribution in [0.5, 0.6) is 0 Å². The van der Waals surface area contributed by atoms with Gasteiger partial charge < -0.3 is 10.4 Å². The molecule has 7 nitrogen and oxygen atoms in total. The van der Waals surface area contributed by atoms with Gasteiger partial charge in [0.2, 0.25) is 10.0 Å². The molecule has 1 rings (SSSR count). The van der Waals surface area contributed by atoms with Crippen molar-refractivity contribution in [3.63, 3.8) is 0 Å². The zero-order valence-corrected chi connectivity index (χ0v) is 11.7. The molecule has 1 amide bonds. The van der Waals surface area contributed by atoms with Crippen molar-refractivity contribution in [1.29, 1.82) is 0 Å². The first kappa shape index (κ1) is 16.0. The summed E-state index contributed by atoms with van der Waals surface area (Å²) in [6, 6.07) is 6.01. The van der Waals surface area contributed by atoms with Crippen LogP contribution in [0, 0.1) is 0 Å². The normalized spacial score (nSPS) is 10.8. The fourth-order valence-electron chi connectivity index (χ4n) is 1.47. The second-order valence-corrected chi connectivity index (χ2v) is 5.78. The molecule has 0 bridgehead atoms. The largest absolute Gasteiger partial charge is 0.480 e. The highest BCUT2D eigenvalue weighted by atomic mass is 32.2. The molecule has 0 saturated heterocycles. The third kappa shape index (κ3) is 4.88. The summed E-state index contributed by atoms with van der Waals surface area (Å²) in [6.07, 6.45) is 0.749. The Morgan fingerprint density at radius 3 is 2.50 bits per heavy atom. The van der Waals surface area contributed by atoms with Crippen molar-refractivity contribution in [2.75, 3.05) is 17.0 Å². The number of hydrogen-bond donors (Lipinski definition) is 3. The molecule has 0 aliphatic carbocycles. The number of hydrogen-bond acceptors (Lipinski definition) is 4. The van der Waals surface area contributed by atoms with Crippen molar-refractivity contribution < 1.29 is 23.1 Å². The van der Waals surface area contributed by atoms with Gasteiger partial charge in [-0.2, -0.15) is 0 Å². The molecule has 0 spiro atoms. The zero-order valence-electron chi connectivity index (χ0n) is 10.9. The van der Waals surface area contributed by atoms with E-state index in [0.717, 1.165) is 6.42 Å². The summed E-state index contributed by atoms with van der Waals surface area (Å²) in [7, 11) is -4.04. The van der Waals surface area contributed by atoms with Crippen molar-refractivity contribution in [3.05, 3.63) is 29.8 Å². The molecule has 20 heavy (non-hydrogen) atoms. The monoisotopic (exact) mass is 300 g/mol. The summed E-state index contributed by atoms with van der Waals surface area (Å²) in [6.45, 7) is 2.36. The summed E-state index contributed by atoms with van der Waals surface area (Å²) in [5.41, 5.74) is 0.206. The van der Waals surface area contributed by atoms with E-state index in [1.165, 1.54) is 12.1 Å². The maximum Gasteiger partial charge on any atom is 0.320 e. The minimum absolute atomic E-state index is 0.0577. The SMILES string of the molecule is CCCNC(=O)c1ccccc1NS(=O)(=O)CC(=O)O. The van der Waals surface area contributed by atoms with Crippen LogP contribution in [-0.4, -0.2) is 37.7 Å². The molecule has 0 radical (unpaired) electrons. The molecule has 0 heterocycles. The maximum atomic E-state index is 11.9. The van der Waals surface area contributed by atoms with E-state index in [9.17, 15) is 18.0 Å². The topological polar surface area (TPSA) is 113 Å². The number of carbonyl (C=O) groups is 2. The van der Waals surface area contributed by atoms with Crippen LogP contribution in [-0.2, 0) is 14.8 Å². The molecule has 3 N–H and O–H groups in total. The highest BCUT2D eigenvalue weighted by Gasteiger charge is 2.19. The molecule has 0 unspecified atom stereocenters. The molecular formula is C12H16N2O5S. The van der Waals surface area contributed by atoms with Crippen molar-refractivity contribution in [2.24, 2.45) is 0 Å². The second-order valence-electron chi connectivity index (χ2n) is 4.06. The lowest BCUT2D eigenvalue weighted by molar-refractivity contribution is -0.134. The van der Waals surface area contributed by atoms with Crippen molar-refractivity contribution in [1.82, 2.24) is 5.32 Å². The molecule has 0 aromatic heterocycles. The average molecular weight is 300 g/mol. The minimum Gasteiger partial charge on any atom is -0.480 e.